The maximum absolute atomic E-state index is 11.1. The topological polar surface area (TPSA) is 124 Å². The highest BCUT2D eigenvalue weighted by atomic mass is 17.2. The van der Waals surface area contributed by atoms with E-state index < -0.39 is 23.9 Å². The molecule has 0 saturated heterocycles. The van der Waals surface area contributed by atoms with Gasteiger partial charge in [0.1, 0.15) is 17.3 Å². The third kappa shape index (κ3) is 12.6. The second-order valence-corrected chi connectivity index (χ2v) is 4.86. The van der Waals surface area contributed by atoms with Crippen molar-refractivity contribution >= 4 is 23.9 Å². The van der Waals surface area contributed by atoms with Crippen LogP contribution in [0.1, 0.15) is 41.0 Å². The third-order valence-corrected chi connectivity index (χ3v) is 2.65. The standard InChI is InChI=1S/C10H16O5.C8H12O5/c1-5-7(3)14-15-10(12)8(4)9(11)13-6-2;1-4-11-7(9)6(3)8(10)13-12-5-2/h7H,4-6H2,1-3H3;3-5H2,1-2H3. The van der Waals surface area contributed by atoms with Gasteiger partial charge >= 0.3 is 23.9 Å². The van der Waals surface area contributed by atoms with Gasteiger partial charge in [-0.1, -0.05) is 20.1 Å². The molecule has 160 valence electrons. The zero-order chi connectivity index (χ0) is 22.1. The maximum atomic E-state index is 11.1. The molecule has 0 amide bonds. The fraction of sp³-hybridized carbons (Fsp3) is 0.556. The van der Waals surface area contributed by atoms with E-state index in [1.54, 1.807) is 27.7 Å². The Bertz CT molecular complexity index is 553. The molecule has 0 aliphatic heterocycles. The van der Waals surface area contributed by atoms with Crippen LogP contribution >= 0.6 is 0 Å². The number of ether oxygens (including phenoxy) is 2. The Morgan fingerprint density at radius 3 is 1.50 bits per heavy atom. The van der Waals surface area contributed by atoms with E-state index in [4.69, 9.17) is 0 Å². The predicted molar refractivity (Wildman–Crippen MR) is 96.2 cm³/mol. The fourth-order valence-corrected chi connectivity index (χ4v) is 1.01. The normalized spacial score (nSPS) is 10.5. The summed E-state index contributed by atoms with van der Waals surface area (Å²) in [5.74, 6) is -3.45. The average molecular weight is 404 g/mol. The van der Waals surface area contributed by atoms with Gasteiger partial charge in [-0.2, -0.15) is 9.78 Å². The van der Waals surface area contributed by atoms with Crippen LogP contribution in [0, 0.1) is 0 Å². The molecule has 0 spiro atoms. The minimum atomic E-state index is -0.930. The molecule has 0 N–H and O–H groups in total. The molecular weight excluding hydrogens is 376 g/mol. The first-order valence-corrected chi connectivity index (χ1v) is 8.59. The van der Waals surface area contributed by atoms with E-state index >= 15 is 0 Å². The van der Waals surface area contributed by atoms with E-state index in [-0.39, 0.29) is 37.1 Å². The third-order valence-electron chi connectivity index (χ3n) is 2.65. The van der Waals surface area contributed by atoms with Crippen molar-refractivity contribution in [2.45, 2.75) is 47.1 Å². The van der Waals surface area contributed by atoms with Gasteiger partial charge in [0.15, 0.2) is 0 Å². The van der Waals surface area contributed by atoms with Crippen LogP contribution in [0.4, 0.5) is 0 Å². The quantitative estimate of drug-likeness (QED) is 0.126. The Labute approximate surface area is 164 Å². The van der Waals surface area contributed by atoms with Crippen LogP contribution in [0.15, 0.2) is 24.3 Å². The largest absolute Gasteiger partial charge is 0.462 e. The molecule has 10 heteroatoms. The molecule has 0 fully saturated rings. The number of carbonyl (C=O) groups is 4. The molecule has 10 nitrogen and oxygen atoms in total. The van der Waals surface area contributed by atoms with Gasteiger partial charge in [0.2, 0.25) is 0 Å². The highest BCUT2D eigenvalue weighted by molar-refractivity contribution is 6.13. The van der Waals surface area contributed by atoms with E-state index in [1.807, 2.05) is 6.92 Å². The van der Waals surface area contributed by atoms with E-state index in [9.17, 15) is 19.2 Å². The molecule has 0 bridgehead atoms. The smallest absolute Gasteiger partial charge is 0.379 e. The second-order valence-electron chi connectivity index (χ2n) is 4.86. The monoisotopic (exact) mass is 404 g/mol. The fourth-order valence-electron chi connectivity index (χ4n) is 1.01. The molecule has 1 unspecified atom stereocenters. The van der Waals surface area contributed by atoms with Gasteiger partial charge in [0.05, 0.1) is 19.8 Å². The lowest BCUT2D eigenvalue weighted by atomic mass is 10.3. The van der Waals surface area contributed by atoms with Crippen molar-refractivity contribution < 1.29 is 48.2 Å². The summed E-state index contributed by atoms with van der Waals surface area (Å²) < 4.78 is 9.07. The van der Waals surface area contributed by atoms with Crippen LogP contribution in [0.2, 0.25) is 0 Å². The summed E-state index contributed by atoms with van der Waals surface area (Å²) in [5, 5.41) is 0. The van der Waals surface area contributed by atoms with Gasteiger partial charge in [-0.15, -0.1) is 0 Å². The van der Waals surface area contributed by atoms with Crippen molar-refractivity contribution in [3.8, 4) is 0 Å². The number of hydrogen-bond donors (Lipinski definition) is 0. The van der Waals surface area contributed by atoms with E-state index in [1.165, 1.54) is 0 Å². The Balaban J connectivity index is 0. The molecule has 1 atom stereocenters. The lowest BCUT2D eigenvalue weighted by Gasteiger charge is -2.09. The van der Waals surface area contributed by atoms with Gasteiger partial charge in [0.25, 0.3) is 0 Å². The van der Waals surface area contributed by atoms with Crippen molar-refractivity contribution in [1.29, 1.82) is 0 Å². The molecular formula is C18H28O10. The van der Waals surface area contributed by atoms with E-state index in [0.717, 1.165) is 0 Å². The molecule has 0 aromatic carbocycles. The predicted octanol–water partition coefficient (Wildman–Crippen LogP) is 1.98. The summed E-state index contributed by atoms with van der Waals surface area (Å²) in [5.41, 5.74) is -0.754. The summed E-state index contributed by atoms with van der Waals surface area (Å²) in [4.78, 5) is 61.5. The Hall–Kier alpha value is -2.72. The summed E-state index contributed by atoms with van der Waals surface area (Å²) in [6.07, 6.45) is 0.475. The van der Waals surface area contributed by atoms with Gasteiger partial charge in [-0.25, -0.2) is 19.2 Å². The minimum absolute atomic E-state index is 0.178. The first-order valence-electron chi connectivity index (χ1n) is 8.59. The van der Waals surface area contributed by atoms with Crippen molar-refractivity contribution in [2.24, 2.45) is 0 Å². The summed E-state index contributed by atoms with van der Waals surface area (Å²) in [6.45, 7) is 15.5. The molecule has 0 aromatic heterocycles. The van der Waals surface area contributed by atoms with Crippen LogP contribution < -0.4 is 0 Å². The molecule has 28 heavy (non-hydrogen) atoms. The average Bonchev–Trinajstić information content (AvgIpc) is 2.69. The highest BCUT2D eigenvalue weighted by Gasteiger charge is 2.20. The highest BCUT2D eigenvalue weighted by Crippen LogP contribution is 2.03. The number of rotatable bonds is 11. The van der Waals surface area contributed by atoms with E-state index in [0.29, 0.717) is 6.42 Å². The van der Waals surface area contributed by atoms with Gasteiger partial charge in [0, 0.05) is 0 Å². The van der Waals surface area contributed by atoms with E-state index in [2.05, 4.69) is 42.2 Å². The second kappa shape index (κ2) is 16.5. The van der Waals surface area contributed by atoms with Crippen molar-refractivity contribution in [3.63, 3.8) is 0 Å². The molecule has 0 aromatic rings. The van der Waals surface area contributed by atoms with Crippen LogP contribution in [-0.4, -0.2) is 49.8 Å². The lowest BCUT2D eigenvalue weighted by molar-refractivity contribution is -0.291. The van der Waals surface area contributed by atoms with Crippen molar-refractivity contribution in [2.75, 3.05) is 19.8 Å². The summed E-state index contributed by atoms with van der Waals surface area (Å²) in [7, 11) is 0. The Morgan fingerprint density at radius 2 is 1.14 bits per heavy atom. The van der Waals surface area contributed by atoms with Crippen LogP contribution in [-0.2, 0) is 48.2 Å². The molecule has 0 rings (SSSR count). The maximum Gasteiger partial charge on any atom is 0.379 e. The molecule has 0 radical (unpaired) electrons. The number of carbonyl (C=O) groups excluding carboxylic acids is 4. The summed E-state index contributed by atoms with van der Waals surface area (Å²) in [6, 6.07) is 0. The van der Waals surface area contributed by atoms with Crippen LogP contribution in [0.25, 0.3) is 0 Å². The van der Waals surface area contributed by atoms with Crippen LogP contribution in [0.5, 0.6) is 0 Å². The number of hydrogen-bond acceptors (Lipinski definition) is 10. The summed E-state index contributed by atoms with van der Waals surface area (Å²) >= 11 is 0. The van der Waals surface area contributed by atoms with Gasteiger partial charge in [-0.3, -0.25) is 9.78 Å². The SMILES string of the molecule is C=C(C(=O)OCC)C(=O)OOC(C)CC.C=C(C(=O)OCC)C(=O)OOCC. The van der Waals surface area contributed by atoms with Crippen LogP contribution in [0.3, 0.4) is 0 Å². The molecule has 0 aliphatic carbocycles. The number of esters is 2. The first kappa shape index (κ1) is 27.5. The Morgan fingerprint density at radius 1 is 0.714 bits per heavy atom. The van der Waals surface area contributed by atoms with Crippen molar-refractivity contribution in [3.05, 3.63) is 24.3 Å². The zero-order valence-electron chi connectivity index (χ0n) is 16.9. The van der Waals surface area contributed by atoms with Crippen molar-refractivity contribution in [1.82, 2.24) is 0 Å². The lowest BCUT2D eigenvalue weighted by Crippen LogP contribution is -2.19. The molecule has 0 aliphatic rings. The first-order chi connectivity index (χ1) is 13.2. The molecule has 0 heterocycles. The van der Waals surface area contributed by atoms with Gasteiger partial charge < -0.3 is 9.47 Å². The zero-order valence-corrected chi connectivity index (χ0v) is 16.9. The minimum Gasteiger partial charge on any atom is -0.462 e. The molecule has 0 saturated carbocycles. The van der Waals surface area contributed by atoms with Gasteiger partial charge in [-0.05, 0) is 34.1 Å². The Kier molecular flexibility index (Phi) is 16.2.